The molecule has 0 radical (unpaired) electrons. The summed E-state index contributed by atoms with van der Waals surface area (Å²) < 4.78 is 5.27. The topological polar surface area (TPSA) is 52.9 Å². The van der Waals surface area contributed by atoms with Crippen LogP contribution >= 0.6 is 0 Å². The van der Waals surface area contributed by atoms with Crippen LogP contribution in [0.4, 0.5) is 0 Å². The second kappa shape index (κ2) is 5.07. The second-order valence-corrected chi connectivity index (χ2v) is 4.51. The van der Waals surface area contributed by atoms with E-state index in [2.05, 4.69) is 4.90 Å². The first kappa shape index (κ1) is 11.9. The Morgan fingerprint density at radius 2 is 2.21 bits per heavy atom. The van der Waals surface area contributed by atoms with Gasteiger partial charge in [0.1, 0.15) is 0 Å². The Bertz CT molecular complexity index is 167. The van der Waals surface area contributed by atoms with Crippen molar-refractivity contribution in [2.45, 2.75) is 31.9 Å². The maximum atomic E-state index is 9.59. The van der Waals surface area contributed by atoms with Crippen molar-refractivity contribution in [1.82, 2.24) is 4.90 Å². The van der Waals surface area contributed by atoms with E-state index in [0.717, 1.165) is 26.1 Å². The Hall–Kier alpha value is -0.160. The number of ether oxygens (including phenoxy) is 1. The molecule has 0 aliphatic carbocycles. The molecule has 2 N–H and O–H groups in total. The van der Waals surface area contributed by atoms with Crippen LogP contribution in [0.1, 0.15) is 20.3 Å². The van der Waals surface area contributed by atoms with Gasteiger partial charge < -0.3 is 14.9 Å². The molecule has 1 aliphatic rings. The molecule has 0 aromatic heterocycles. The van der Waals surface area contributed by atoms with Crippen molar-refractivity contribution in [2.75, 3.05) is 32.9 Å². The smallest absolute Gasteiger partial charge is 0.0644 e. The van der Waals surface area contributed by atoms with Gasteiger partial charge in [0.25, 0.3) is 0 Å². The van der Waals surface area contributed by atoms with E-state index in [1.165, 1.54) is 0 Å². The summed E-state index contributed by atoms with van der Waals surface area (Å²) in [4.78, 5) is 2.18. The summed E-state index contributed by atoms with van der Waals surface area (Å²) in [6.45, 7) is 6.73. The van der Waals surface area contributed by atoms with Crippen molar-refractivity contribution in [1.29, 1.82) is 0 Å². The van der Waals surface area contributed by atoms with Crippen LogP contribution in [0.25, 0.3) is 0 Å². The van der Waals surface area contributed by atoms with E-state index in [9.17, 15) is 5.11 Å². The molecular weight excluding hydrogens is 182 g/mol. The van der Waals surface area contributed by atoms with E-state index < -0.39 is 5.60 Å². The standard InChI is InChI=1S/C10H21NO3/c1-10(2,13)3-4-11-5-6-14-8-9(11)7-12/h9,12-13H,3-8H2,1-2H3. The predicted molar refractivity (Wildman–Crippen MR) is 54.2 cm³/mol. The third kappa shape index (κ3) is 3.92. The normalized spacial score (nSPS) is 25.3. The molecule has 1 rings (SSSR count). The molecule has 4 heteroatoms. The summed E-state index contributed by atoms with van der Waals surface area (Å²) in [6.07, 6.45) is 0.726. The summed E-state index contributed by atoms with van der Waals surface area (Å²) in [5, 5.41) is 18.7. The van der Waals surface area contributed by atoms with Crippen LogP contribution < -0.4 is 0 Å². The Morgan fingerprint density at radius 1 is 1.50 bits per heavy atom. The van der Waals surface area contributed by atoms with Gasteiger partial charge in [0.2, 0.25) is 0 Å². The maximum absolute atomic E-state index is 9.59. The zero-order valence-electron chi connectivity index (χ0n) is 9.07. The minimum atomic E-state index is -0.627. The molecule has 1 atom stereocenters. The third-order valence-corrected chi connectivity index (χ3v) is 2.57. The zero-order chi connectivity index (χ0) is 10.6. The molecule has 0 saturated carbocycles. The van der Waals surface area contributed by atoms with Gasteiger partial charge in [-0.3, -0.25) is 4.90 Å². The molecule has 1 saturated heterocycles. The van der Waals surface area contributed by atoms with Crippen LogP contribution in [0.5, 0.6) is 0 Å². The quantitative estimate of drug-likeness (QED) is 0.666. The van der Waals surface area contributed by atoms with Crippen molar-refractivity contribution in [2.24, 2.45) is 0 Å². The van der Waals surface area contributed by atoms with Crippen LogP contribution in [-0.4, -0.2) is 59.7 Å². The molecule has 1 heterocycles. The minimum absolute atomic E-state index is 0.103. The van der Waals surface area contributed by atoms with Gasteiger partial charge in [-0.15, -0.1) is 0 Å². The van der Waals surface area contributed by atoms with Gasteiger partial charge in [-0.05, 0) is 20.3 Å². The fourth-order valence-corrected chi connectivity index (χ4v) is 1.57. The Kier molecular flexibility index (Phi) is 4.31. The molecule has 1 aliphatic heterocycles. The number of nitrogens with zero attached hydrogens (tertiary/aromatic N) is 1. The largest absolute Gasteiger partial charge is 0.395 e. The van der Waals surface area contributed by atoms with E-state index in [1.807, 2.05) is 0 Å². The first-order valence-electron chi connectivity index (χ1n) is 5.18. The van der Waals surface area contributed by atoms with E-state index in [4.69, 9.17) is 9.84 Å². The zero-order valence-corrected chi connectivity index (χ0v) is 9.07. The van der Waals surface area contributed by atoms with Gasteiger partial charge in [0, 0.05) is 13.1 Å². The summed E-state index contributed by atoms with van der Waals surface area (Å²) >= 11 is 0. The minimum Gasteiger partial charge on any atom is -0.395 e. The Morgan fingerprint density at radius 3 is 2.79 bits per heavy atom. The average Bonchev–Trinajstić information content (AvgIpc) is 2.14. The lowest BCUT2D eigenvalue weighted by atomic mass is 10.0. The fourth-order valence-electron chi connectivity index (χ4n) is 1.57. The first-order valence-corrected chi connectivity index (χ1v) is 5.18. The molecule has 0 bridgehead atoms. The van der Waals surface area contributed by atoms with E-state index in [0.29, 0.717) is 6.61 Å². The van der Waals surface area contributed by atoms with Crippen LogP contribution in [-0.2, 0) is 4.74 Å². The third-order valence-electron chi connectivity index (χ3n) is 2.57. The van der Waals surface area contributed by atoms with Crippen LogP contribution in [0.3, 0.4) is 0 Å². The second-order valence-electron chi connectivity index (χ2n) is 4.51. The van der Waals surface area contributed by atoms with Gasteiger partial charge in [-0.2, -0.15) is 0 Å². The monoisotopic (exact) mass is 203 g/mol. The molecule has 0 spiro atoms. The van der Waals surface area contributed by atoms with Crippen LogP contribution in [0.2, 0.25) is 0 Å². The average molecular weight is 203 g/mol. The van der Waals surface area contributed by atoms with Crippen molar-refractivity contribution >= 4 is 0 Å². The molecule has 14 heavy (non-hydrogen) atoms. The van der Waals surface area contributed by atoms with Crippen molar-refractivity contribution < 1.29 is 14.9 Å². The number of rotatable bonds is 4. The lowest BCUT2D eigenvalue weighted by Crippen LogP contribution is -2.48. The van der Waals surface area contributed by atoms with Crippen LogP contribution in [0.15, 0.2) is 0 Å². The summed E-state index contributed by atoms with van der Waals surface area (Å²) in [5.74, 6) is 0. The fraction of sp³-hybridized carbons (Fsp3) is 1.00. The molecule has 1 fully saturated rings. The van der Waals surface area contributed by atoms with E-state index >= 15 is 0 Å². The van der Waals surface area contributed by atoms with Gasteiger partial charge in [-0.25, -0.2) is 0 Å². The highest BCUT2D eigenvalue weighted by Gasteiger charge is 2.23. The van der Waals surface area contributed by atoms with E-state index in [-0.39, 0.29) is 12.6 Å². The number of morpholine rings is 1. The predicted octanol–water partition coefficient (Wildman–Crippen LogP) is -0.160. The van der Waals surface area contributed by atoms with Crippen molar-refractivity contribution in [3.8, 4) is 0 Å². The van der Waals surface area contributed by atoms with Gasteiger partial charge in [0.05, 0.1) is 31.5 Å². The molecule has 0 aromatic carbocycles. The Labute approximate surface area is 85.5 Å². The lowest BCUT2D eigenvalue weighted by Gasteiger charge is -2.35. The number of hydrogen-bond acceptors (Lipinski definition) is 4. The number of aliphatic hydroxyl groups is 2. The van der Waals surface area contributed by atoms with Crippen LogP contribution in [0, 0.1) is 0 Å². The summed E-state index contributed by atoms with van der Waals surface area (Å²) in [5.41, 5.74) is -0.627. The van der Waals surface area contributed by atoms with Crippen molar-refractivity contribution in [3.05, 3.63) is 0 Å². The highest BCUT2D eigenvalue weighted by Crippen LogP contribution is 2.12. The maximum Gasteiger partial charge on any atom is 0.0644 e. The van der Waals surface area contributed by atoms with Gasteiger partial charge >= 0.3 is 0 Å². The molecule has 0 amide bonds. The Balaban J connectivity index is 2.33. The highest BCUT2D eigenvalue weighted by atomic mass is 16.5. The molecule has 84 valence electrons. The molecular formula is C10H21NO3. The van der Waals surface area contributed by atoms with E-state index in [1.54, 1.807) is 13.8 Å². The molecule has 0 aromatic rings. The highest BCUT2D eigenvalue weighted by molar-refractivity contribution is 4.77. The van der Waals surface area contributed by atoms with Crippen molar-refractivity contribution in [3.63, 3.8) is 0 Å². The summed E-state index contributed by atoms with van der Waals surface area (Å²) in [6, 6.07) is 0.103. The number of hydrogen-bond donors (Lipinski definition) is 2. The van der Waals surface area contributed by atoms with Gasteiger partial charge in [0.15, 0.2) is 0 Å². The van der Waals surface area contributed by atoms with Gasteiger partial charge in [-0.1, -0.05) is 0 Å². The molecule has 1 unspecified atom stereocenters. The first-order chi connectivity index (χ1) is 6.53. The number of aliphatic hydroxyl groups excluding tert-OH is 1. The summed E-state index contributed by atoms with van der Waals surface area (Å²) in [7, 11) is 0. The lowest BCUT2D eigenvalue weighted by molar-refractivity contribution is -0.0382. The SMILES string of the molecule is CC(C)(O)CCN1CCOCC1CO. The molecule has 4 nitrogen and oxygen atoms in total.